The van der Waals surface area contributed by atoms with E-state index in [1.165, 1.54) is 6.42 Å². The van der Waals surface area contributed by atoms with Gasteiger partial charge in [-0.25, -0.2) is 8.42 Å². The Labute approximate surface area is 130 Å². The molecule has 0 bridgehead atoms. The molecule has 1 aliphatic carbocycles. The average molecular weight is 360 g/mol. The highest BCUT2D eigenvalue weighted by Gasteiger charge is 2.31. The van der Waals surface area contributed by atoms with Crippen LogP contribution in [0.3, 0.4) is 0 Å². The Balaban J connectivity index is 2.16. The molecule has 1 saturated carbocycles. The quantitative estimate of drug-likeness (QED) is 0.813. The molecule has 0 aliphatic heterocycles. The molecule has 1 aliphatic rings. The van der Waals surface area contributed by atoms with Crippen LogP contribution in [-0.4, -0.2) is 25.8 Å². The molecule has 1 aromatic carbocycles. The number of halogens is 1. The van der Waals surface area contributed by atoms with Gasteiger partial charge in [-0.3, -0.25) is 0 Å². The summed E-state index contributed by atoms with van der Waals surface area (Å²) in [6.45, 7) is 2.21. The van der Waals surface area contributed by atoms with Gasteiger partial charge in [0, 0.05) is 17.6 Å². The fourth-order valence-electron chi connectivity index (χ4n) is 2.92. The van der Waals surface area contributed by atoms with Crippen molar-refractivity contribution < 1.29 is 8.42 Å². The van der Waals surface area contributed by atoms with Gasteiger partial charge in [-0.15, -0.1) is 0 Å². The molecule has 20 heavy (non-hydrogen) atoms. The highest BCUT2D eigenvalue weighted by atomic mass is 79.9. The normalized spacial score (nSPS) is 24.0. The lowest BCUT2D eigenvalue weighted by Crippen LogP contribution is -2.39. The van der Waals surface area contributed by atoms with Crippen LogP contribution >= 0.6 is 15.9 Å². The van der Waals surface area contributed by atoms with Gasteiger partial charge in [-0.1, -0.05) is 25.5 Å². The smallest absolute Gasteiger partial charge is 0.207 e. The third-order valence-corrected chi connectivity index (χ3v) is 7.32. The molecule has 0 spiro atoms. The molecule has 0 unspecified atom stereocenters. The van der Waals surface area contributed by atoms with Crippen LogP contribution in [0.5, 0.6) is 0 Å². The Hall–Kier alpha value is -0.390. The summed E-state index contributed by atoms with van der Waals surface area (Å²) in [5.41, 5.74) is 0. The van der Waals surface area contributed by atoms with Gasteiger partial charge < -0.3 is 0 Å². The van der Waals surface area contributed by atoms with Gasteiger partial charge in [-0.05, 0) is 59.7 Å². The largest absolute Gasteiger partial charge is 0.244 e. The average Bonchev–Trinajstić information content (AvgIpc) is 2.47. The van der Waals surface area contributed by atoms with Crippen LogP contribution in [0, 0.1) is 5.92 Å². The first-order valence-electron chi connectivity index (χ1n) is 7.19. The van der Waals surface area contributed by atoms with Crippen molar-refractivity contribution in [3.8, 4) is 0 Å². The van der Waals surface area contributed by atoms with Crippen LogP contribution in [0.2, 0.25) is 0 Å². The lowest BCUT2D eigenvalue weighted by Gasteiger charge is -2.33. The van der Waals surface area contributed by atoms with E-state index in [9.17, 15) is 8.42 Å². The van der Waals surface area contributed by atoms with Crippen molar-refractivity contribution in [1.29, 1.82) is 0 Å². The van der Waals surface area contributed by atoms with E-state index in [4.69, 9.17) is 0 Å². The van der Waals surface area contributed by atoms with Crippen LogP contribution in [-0.2, 0) is 10.0 Å². The SMILES string of the molecule is CCC1CCC(N(C)S(=O)(=O)c2ccccc2Br)CC1. The topological polar surface area (TPSA) is 37.4 Å². The van der Waals surface area contributed by atoms with Gasteiger partial charge >= 0.3 is 0 Å². The first kappa shape index (κ1) is 16.0. The fraction of sp³-hybridized carbons (Fsp3) is 0.600. The first-order chi connectivity index (χ1) is 9.46. The van der Waals surface area contributed by atoms with Crippen LogP contribution in [0.25, 0.3) is 0 Å². The minimum absolute atomic E-state index is 0.134. The predicted molar refractivity (Wildman–Crippen MR) is 85.1 cm³/mol. The Morgan fingerprint density at radius 2 is 1.80 bits per heavy atom. The summed E-state index contributed by atoms with van der Waals surface area (Å²) in [5, 5.41) is 0. The van der Waals surface area contributed by atoms with Crippen LogP contribution < -0.4 is 0 Å². The Bertz CT molecular complexity index is 551. The summed E-state index contributed by atoms with van der Waals surface area (Å²) in [7, 11) is -1.69. The molecular weight excluding hydrogens is 338 g/mol. The standard InChI is InChI=1S/C15H22BrNO2S/c1-3-12-8-10-13(11-9-12)17(2)20(18,19)15-7-5-4-6-14(15)16/h4-7,12-13H,3,8-11H2,1-2H3. The zero-order valence-electron chi connectivity index (χ0n) is 12.0. The molecule has 2 rings (SSSR count). The molecule has 0 radical (unpaired) electrons. The number of rotatable bonds is 4. The number of hydrogen-bond acceptors (Lipinski definition) is 2. The molecular formula is C15H22BrNO2S. The Morgan fingerprint density at radius 3 is 2.35 bits per heavy atom. The second-order valence-electron chi connectivity index (χ2n) is 5.53. The molecule has 5 heteroatoms. The third kappa shape index (κ3) is 3.26. The number of sulfonamides is 1. The third-order valence-electron chi connectivity index (χ3n) is 4.40. The highest BCUT2D eigenvalue weighted by Crippen LogP contribution is 2.32. The predicted octanol–water partition coefficient (Wildman–Crippen LogP) is 4.04. The van der Waals surface area contributed by atoms with Crippen LogP contribution in [0.15, 0.2) is 33.6 Å². The Morgan fingerprint density at radius 1 is 1.20 bits per heavy atom. The molecule has 0 amide bonds. The van der Waals surface area contributed by atoms with Crippen molar-refractivity contribution in [2.24, 2.45) is 5.92 Å². The van der Waals surface area contributed by atoms with E-state index in [0.717, 1.165) is 31.6 Å². The summed E-state index contributed by atoms with van der Waals surface area (Å²) in [5.74, 6) is 0.769. The van der Waals surface area contributed by atoms with Crippen molar-refractivity contribution in [3.05, 3.63) is 28.7 Å². The van der Waals surface area contributed by atoms with Crippen LogP contribution in [0.4, 0.5) is 0 Å². The second-order valence-corrected chi connectivity index (χ2v) is 8.35. The van der Waals surface area contributed by atoms with E-state index in [1.54, 1.807) is 29.6 Å². The van der Waals surface area contributed by atoms with Crippen molar-refractivity contribution >= 4 is 26.0 Å². The van der Waals surface area contributed by atoms with Crippen molar-refractivity contribution in [2.75, 3.05) is 7.05 Å². The molecule has 0 heterocycles. The summed E-state index contributed by atoms with van der Waals surface area (Å²) in [4.78, 5) is 0.361. The van der Waals surface area contributed by atoms with Crippen molar-refractivity contribution in [3.63, 3.8) is 0 Å². The summed E-state index contributed by atoms with van der Waals surface area (Å²) < 4.78 is 27.6. The first-order valence-corrected chi connectivity index (χ1v) is 9.42. The highest BCUT2D eigenvalue weighted by molar-refractivity contribution is 9.10. The number of hydrogen-bond donors (Lipinski definition) is 0. The van der Waals surface area contributed by atoms with Crippen molar-refractivity contribution in [1.82, 2.24) is 4.31 Å². The molecule has 0 atom stereocenters. The van der Waals surface area contributed by atoms with E-state index in [1.807, 2.05) is 6.07 Å². The minimum Gasteiger partial charge on any atom is -0.207 e. The fourth-order valence-corrected chi connectivity index (χ4v) is 5.30. The lowest BCUT2D eigenvalue weighted by atomic mass is 9.85. The van der Waals surface area contributed by atoms with E-state index >= 15 is 0 Å². The van der Waals surface area contributed by atoms with Crippen LogP contribution in [0.1, 0.15) is 39.0 Å². The van der Waals surface area contributed by atoms with E-state index < -0.39 is 10.0 Å². The van der Waals surface area contributed by atoms with Crippen molar-refractivity contribution in [2.45, 2.75) is 50.0 Å². The van der Waals surface area contributed by atoms with E-state index in [2.05, 4.69) is 22.9 Å². The lowest BCUT2D eigenvalue weighted by molar-refractivity contribution is 0.233. The monoisotopic (exact) mass is 359 g/mol. The van der Waals surface area contributed by atoms with E-state index in [-0.39, 0.29) is 6.04 Å². The molecule has 3 nitrogen and oxygen atoms in total. The Kier molecular flexibility index (Phi) is 5.26. The molecule has 0 saturated heterocycles. The van der Waals surface area contributed by atoms with Gasteiger partial charge in [0.05, 0.1) is 4.90 Å². The molecule has 1 aromatic rings. The van der Waals surface area contributed by atoms with E-state index in [0.29, 0.717) is 9.37 Å². The minimum atomic E-state index is -3.41. The summed E-state index contributed by atoms with van der Waals surface area (Å²) in [6, 6.07) is 7.16. The van der Waals surface area contributed by atoms with Gasteiger partial charge in [0.1, 0.15) is 0 Å². The summed E-state index contributed by atoms with van der Waals surface area (Å²) in [6.07, 6.45) is 5.42. The maximum Gasteiger partial charge on any atom is 0.244 e. The van der Waals surface area contributed by atoms with Gasteiger partial charge in [-0.2, -0.15) is 4.31 Å². The molecule has 112 valence electrons. The number of nitrogens with zero attached hydrogens (tertiary/aromatic N) is 1. The maximum absolute atomic E-state index is 12.7. The zero-order valence-corrected chi connectivity index (χ0v) is 14.5. The van der Waals surface area contributed by atoms with Gasteiger partial charge in [0.25, 0.3) is 0 Å². The molecule has 1 fully saturated rings. The maximum atomic E-state index is 12.7. The molecule has 0 N–H and O–H groups in total. The van der Waals surface area contributed by atoms with Gasteiger partial charge in [0.15, 0.2) is 0 Å². The zero-order chi connectivity index (χ0) is 14.8. The molecule has 0 aromatic heterocycles. The number of benzene rings is 1. The van der Waals surface area contributed by atoms with Gasteiger partial charge in [0.2, 0.25) is 10.0 Å². The summed E-state index contributed by atoms with van der Waals surface area (Å²) >= 11 is 3.34. The second kappa shape index (κ2) is 6.58.